The normalized spacial score (nSPS) is 22.5. The fraction of sp³-hybridized carbons (Fsp3) is 0.600. The van der Waals surface area contributed by atoms with Crippen molar-refractivity contribution in [3.8, 4) is 0 Å². The largest absolute Gasteiger partial charge is 0.377 e. The Balaban J connectivity index is 2.14. The molecule has 0 bridgehead atoms. The lowest BCUT2D eigenvalue weighted by Crippen LogP contribution is -2.30. The molecule has 0 radical (unpaired) electrons. The molecule has 2 heterocycles. The van der Waals surface area contributed by atoms with Crippen LogP contribution in [0.25, 0.3) is 0 Å². The Morgan fingerprint density at radius 2 is 2.40 bits per heavy atom. The SMILES string of the molecule is CC1CN(c2cncc(Cl)n2)CCCO1. The molecule has 2 rings (SSSR count). The van der Waals surface area contributed by atoms with Crippen LogP contribution in [0.3, 0.4) is 0 Å². The van der Waals surface area contributed by atoms with Crippen LogP contribution in [0, 0.1) is 0 Å². The lowest BCUT2D eigenvalue weighted by molar-refractivity contribution is 0.0820. The van der Waals surface area contributed by atoms with E-state index in [9.17, 15) is 0 Å². The number of hydrogen-bond acceptors (Lipinski definition) is 4. The molecular formula is C10H14ClN3O. The van der Waals surface area contributed by atoms with Gasteiger partial charge in [0, 0.05) is 19.7 Å². The van der Waals surface area contributed by atoms with Gasteiger partial charge in [-0.1, -0.05) is 11.6 Å². The van der Waals surface area contributed by atoms with Gasteiger partial charge < -0.3 is 9.64 Å². The molecule has 1 aromatic heterocycles. The number of hydrogen-bond donors (Lipinski definition) is 0. The number of halogens is 1. The van der Waals surface area contributed by atoms with E-state index >= 15 is 0 Å². The second kappa shape index (κ2) is 4.77. The number of nitrogens with zero attached hydrogens (tertiary/aromatic N) is 3. The third-order valence-electron chi connectivity index (χ3n) is 2.37. The van der Waals surface area contributed by atoms with Gasteiger partial charge in [-0.2, -0.15) is 0 Å². The van der Waals surface area contributed by atoms with Crippen LogP contribution < -0.4 is 4.90 Å². The summed E-state index contributed by atoms with van der Waals surface area (Å²) in [4.78, 5) is 10.4. The third-order valence-corrected chi connectivity index (χ3v) is 2.55. The third kappa shape index (κ3) is 2.79. The summed E-state index contributed by atoms with van der Waals surface area (Å²) < 4.78 is 5.56. The van der Waals surface area contributed by atoms with Crippen LogP contribution in [0.4, 0.5) is 5.82 Å². The minimum Gasteiger partial charge on any atom is -0.377 e. The predicted molar refractivity (Wildman–Crippen MR) is 59.3 cm³/mol. The maximum absolute atomic E-state index is 5.81. The van der Waals surface area contributed by atoms with Crippen LogP contribution in [-0.2, 0) is 4.74 Å². The first kappa shape index (κ1) is 10.6. The maximum Gasteiger partial charge on any atom is 0.149 e. The van der Waals surface area contributed by atoms with Crippen LogP contribution in [0.2, 0.25) is 5.15 Å². The minimum atomic E-state index is 0.230. The molecule has 0 N–H and O–H groups in total. The molecule has 4 nitrogen and oxygen atoms in total. The van der Waals surface area contributed by atoms with Gasteiger partial charge in [-0.15, -0.1) is 0 Å². The van der Waals surface area contributed by atoms with E-state index in [-0.39, 0.29) is 6.10 Å². The first-order valence-electron chi connectivity index (χ1n) is 5.10. The monoisotopic (exact) mass is 227 g/mol. The molecule has 0 spiro atoms. The summed E-state index contributed by atoms with van der Waals surface area (Å²) in [6.45, 7) is 4.66. The highest BCUT2D eigenvalue weighted by Crippen LogP contribution is 2.16. The van der Waals surface area contributed by atoms with E-state index in [2.05, 4.69) is 21.8 Å². The van der Waals surface area contributed by atoms with Crippen molar-refractivity contribution in [1.82, 2.24) is 9.97 Å². The molecule has 0 saturated carbocycles. The molecule has 1 fully saturated rings. The molecule has 0 aromatic carbocycles. The van der Waals surface area contributed by atoms with E-state index in [1.54, 1.807) is 12.4 Å². The van der Waals surface area contributed by atoms with E-state index < -0.39 is 0 Å². The lowest BCUT2D eigenvalue weighted by Gasteiger charge is -2.22. The molecule has 1 aromatic rings. The average molecular weight is 228 g/mol. The summed E-state index contributed by atoms with van der Waals surface area (Å²) in [5, 5.41) is 0.435. The topological polar surface area (TPSA) is 38.2 Å². The Labute approximate surface area is 94.2 Å². The van der Waals surface area contributed by atoms with Crippen molar-refractivity contribution in [2.75, 3.05) is 24.6 Å². The second-order valence-electron chi connectivity index (χ2n) is 3.68. The minimum absolute atomic E-state index is 0.230. The zero-order valence-corrected chi connectivity index (χ0v) is 9.44. The molecule has 15 heavy (non-hydrogen) atoms. The Morgan fingerprint density at radius 3 is 3.20 bits per heavy atom. The predicted octanol–water partition coefficient (Wildman–Crippen LogP) is 1.75. The van der Waals surface area contributed by atoms with Gasteiger partial charge in [-0.05, 0) is 13.3 Å². The quantitative estimate of drug-likeness (QED) is 0.733. The van der Waals surface area contributed by atoms with E-state index in [1.165, 1.54) is 0 Å². The second-order valence-corrected chi connectivity index (χ2v) is 4.07. The molecule has 0 amide bonds. The van der Waals surface area contributed by atoms with Gasteiger partial charge in [0.25, 0.3) is 0 Å². The molecule has 82 valence electrons. The van der Waals surface area contributed by atoms with Crippen molar-refractivity contribution in [3.63, 3.8) is 0 Å². The number of aromatic nitrogens is 2. The fourth-order valence-electron chi connectivity index (χ4n) is 1.69. The van der Waals surface area contributed by atoms with Crippen LogP contribution >= 0.6 is 11.6 Å². The number of anilines is 1. The van der Waals surface area contributed by atoms with Gasteiger partial charge in [-0.3, -0.25) is 4.98 Å². The Morgan fingerprint density at radius 1 is 1.53 bits per heavy atom. The van der Waals surface area contributed by atoms with Crippen LogP contribution in [0.1, 0.15) is 13.3 Å². The fourth-order valence-corrected chi connectivity index (χ4v) is 1.83. The lowest BCUT2D eigenvalue weighted by atomic mass is 10.3. The van der Waals surface area contributed by atoms with Gasteiger partial charge in [0.15, 0.2) is 0 Å². The first-order chi connectivity index (χ1) is 7.25. The number of ether oxygens (including phenoxy) is 1. The summed E-state index contributed by atoms with van der Waals surface area (Å²) in [6.07, 6.45) is 4.53. The highest BCUT2D eigenvalue weighted by atomic mass is 35.5. The van der Waals surface area contributed by atoms with Gasteiger partial charge in [0.1, 0.15) is 11.0 Å². The molecule has 1 aliphatic rings. The van der Waals surface area contributed by atoms with E-state index in [0.717, 1.165) is 31.9 Å². The summed E-state index contributed by atoms with van der Waals surface area (Å²) in [5.41, 5.74) is 0. The van der Waals surface area contributed by atoms with E-state index in [1.807, 2.05) is 0 Å². The molecule has 0 aliphatic carbocycles. The summed E-state index contributed by atoms with van der Waals surface area (Å²) in [6, 6.07) is 0. The standard InChI is InChI=1S/C10H14ClN3O/c1-8-7-14(3-2-4-15-8)10-6-12-5-9(11)13-10/h5-6,8H,2-4,7H2,1H3. The average Bonchev–Trinajstić information content (AvgIpc) is 2.43. The van der Waals surface area contributed by atoms with Crippen molar-refractivity contribution in [2.24, 2.45) is 0 Å². The summed E-state index contributed by atoms with van der Waals surface area (Å²) in [7, 11) is 0. The maximum atomic E-state index is 5.81. The summed E-state index contributed by atoms with van der Waals surface area (Å²) >= 11 is 5.81. The molecular weight excluding hydrogens is 214 g/mol. The van der Waals surface area contributed by atoms with Crippen molar-refractivity contribution in [2.45, 2.75) is 19.4 Å². The molecule has 1 unspecified atom stereocenters. The van der Waals surface area contributed by atoms with Gasteiger partial charge in [-0.25, -0.2) is 4.98 Å². The molecule has 1 atom stereocenters. The molecule has 5 heteroatoms. The van der Waals surface area contributed by atoms with E-state index in [0.29, 0.717) is 5.15 Å². The van der Waals surface area contributed by atoms with Crippen molar-refractivity contribution < 1.29 is 4.74 Å². The van der Waals surface area contributed by atoms with Crippen LogP contribution in [0.5, 0.6) is 0 Å². The highest BCUT2D eigenvalue weighted by molar-refractivity contribution is 6.29. The molecule has 1 saturated heterocycles. The first-order valence-corrected chi connectivity index (χ1v) is 5.47. The van der Waals surface area contributed by atoms with Crippen molar-refractivity contribution in [3.05, 3.63) is 17.5 Å². The van der Waals surface area contributed by atoms with Gasteiger partial charge >= 0.3 is 0 Å². The Hall–Kier alpha value is -0.870. The summed E-state index contributed by atoms with van der Waals surface area (Å²) in [5.74, 6) is 0.833. The smallest absolute Gasteiger partial charge is 0.149 e. The van der Waals surface area contributed by atoms with Gasteiger partial charge in [0.05, 0.1) is 18.5 Å². The number of rotatable bonds is 1. The molecule has 1 aliphatic heterocycles. The zero-order chi connectivity index (χ0) is 10.7. The van der Waals surface area contributed by atoms with Crippen molar-refractivity contribution in [1.29, 1.82) is 0 Å². The Kier molecular flexibility index (Phi) is 3.38. The van der Waals surface area contributed by atoms with Crippen LogP contribution in [-0.4, -0.2) is 35.8 Å². The van der Waals surface area contributed by atoms with E-state index in [4.69, 9.17) is 16.3 Å². The Bertz CT molecular complexity index is 334. The van der Waals surface area contributed by atoms with Gasteiger partial charge in [0.2, 0.25) is 0 Å². The zero-order valence-electron chi connectivity index (χ0n) is 8.69. The van der Waals surface area contributed by atoms with Crippen molar-refractivity contribution >= 4 is 17.4 Å². The highest BCUT2D eigenvalue weighted by Gasteiger charge is 2.16. The van der Waals surface area contributed by atoms with Crippen LogP contribution in [0.15, 0.2) is 12.4 Å².